The van der Waals surface area contributed by atoms with E-state index in [1.54, 1.807) is 6.92 Å². The van der Waals surface area contributed by atoms with Crippen LogP contribution in [-0.2, 0) is 14.8 Å². The summed E-state index contributed by atoms with van der Waals surface area (Å²) in [5, 5.41) is 8.88. The van der Waals surface area contributed by atoms with Crippen molar-refractivity contribution in [3.63, 3.8) is 0 Å². The normalized spacial score (nSPS) is 23.2. The van der Waals surface area contributed by atoms with Gasteiger partial charge in [-0.05, 0) is 50.5 Å². The first-order chi connectivity index (χ1) is 9.36. The quantitative estimate of drug-likeness (QED) is 0.920. The van der Waals surface area contributed by atoms with Crippen molar-refractivity contribution in [2.45, 2.75) is 37.1 Å². The number of ether oxygens (including phenoxy) is 1. The van der Waals surface area contributed by atoms with Gasteiger partial charge in [0.15, 0.2) is 0 Å². The van der Waals surface area contributed by atoms with Crippen LogP contribution in [0.2, 0.25) is 0 Å². The summed E-state index contributed by atoms with van der Waals surface area (Å²) in [4.78, 5) is 0.181. The molecule has 1 aliphatic heterocycles. The lowest BCUT2D eigenvalue weighted by atomic mass is 9.97. The van der Waals surface area contributed by atoms with Crippen LogP contribution in [0.1, 0.15) is 30.9 Å². The number of rotatable bonds is 3. The van der Waals surface area contributed by atoms with E-state index in [0.717, 1.165) is 12.8 Å². The summed E-state index contributed by atoms with van der Waals surface area (Å²) < 4.78 is 32.9. The van der Waals surface area contributed by atoms with Gasteiger partial charge in [-0.3, -0.25) is 0 Å². The Labute approximate surface area is 119 Å². The van der Waals surface area contributed by atoms with Crippen molar-refractivity contribution < 1.29 is 13.2 Å². The van der Waals surface area contributed by atoms with E-state index in [-0.39, 0.29) is 4.90 Å². The fraction of sp³-hybridized carbons (Fsp3) is 0.500. The molecular weight excluding hydrogens is 276 g/mol. The van der Waals surface area contributed by atoms with Crippen molar-refractivity contribution in [2.24, 2.45) is 0 Å². The largest absolute Gasteiger partial charge is 0.380 e. The third-order valence-electron chi connectivity index (χ3n) is 3.45. The zero-order valence-corrected chi connectivity index (χ0v) is 12.5. The van der Waals surface area contributed by atoms with Crippen LogP contribution in [0.4, 0.5) is 0 Å². The molecule has 1 aromatic rings. The average molecular weight is 294 g/mol. The molecule has 0 saturated carbocycles. The summed E-state index contributed by atoms with van der Waals surface area (Å²) in [6, 6.07) is 6.54. The summed E-state index contributed by atoms with van der Waals surface area (Å²) in [6.45, 7) is 4.62. The number of nitriles is 1. The molecule has 0 aromatic heterocycles. The van der Waals surface area contributed by atoms with Gasteiger partial charge in [-0.25, -0.2) is 13.1 Å². The van der Waals surface area contributed by atoms with Crippen LogP contribution >= 0.6 is 0 Å². The molecule has 1 heterocycles. The van der Waals surface area contributed by atoms with Crippen LogP contribution in [0.5, 0.6) is 0 Å². The molecule has 1 aromatic carbocycles. The molecule has 2 rings (SSSR count). The molecule has 1 atom stereocenters. The predicted octanol–water partition coefficient (Wildman–Crippen LogP) is 1.71. The van der Waals surface area contributed by atoms with Gasteiger partial charge in [0, 0.05) is 6.61 Å². The first-order valence-corrected chi connectivity index (χ1v) is 7.97. The summed E-state index contributed by atoms with van der Waals surface area (Å²) in [7, 11) is -3.61. The van der Waals surface area contributed by atoms with E-state index >= 15 is 0 Å². The highest BCUT2D eigenvalue weighted by atomic mass is 32.2. The minimum Gasteiger partial charge on any atom is -0.380 e. The zero-order chi connectivity index (χ0) is 14.8. The first kappa shape index (κ1) is 15.0. The van der Waals surface area contributed by atoms with Crippen LogP contribution in [-0.4, -0.2) is 27.2 Å². The Hall–Kier alpha value is -1.42. The molecule has 0 radical (unpaired) electrons. The van der Waals surface area contributed by atoms with Crippen molar-refractivity contribution in [1.82, 2.24) is 4.72 Å². The third kappa shape index (κ3) is 3.18. The highest BCUT2D eigenvalue weighted by Crippen LogP contribution is 2.22. The van der Waals surface area contributed by atoms with E-state index in [9.17, 15) is 8.42 Å². The second kappa shape index (κ2) is 5.52. The molecule has 1 aliphatic rings. The van der Waals surface area contributed by atoms with Gasteiger partial charge in [-0.15, -0.1) is 0 Å². The Bertz CT molecular complexity index is 641. The van der Waals surface area contributed by atoms with Crippen molar-refractivity contribution in [3.05, 3.63) is 29.3 Å². The van der Waals surface area contributed by atoms with Crippen molar-refractivity contribution in [1.29, 1.82) is 5.26 Å². The number of nitrogens with one attached hydrogen (secondary N) is 1. The number of aryl methyl sites for hydroxylation is 1. The number of hydrogen-bond donors (Lipinski definition) is 1. The lowest BCUT2D eigenvalue weighted by Gasteiger charge is -2.33. The Kier molecular flexibility index (Phi) is 4.14. The van der Waals surface area contributed by atoms with E-state index in [0.29, 0.717) is 24.3 Å². The molecule has 0 aliphatic carbocycles. The maximum absolute atomic E-state index is 12.4. The van der Waals surface area contributed by atoms with Crippen LogP contribution in [0.3, 0.4) is 0 Å². The standard InChI is InChI=1S/C14H18N2O3S/c1-11-8-13(5-4-12(11)9-15)20(17,18)16-14(2)6-3-7-19-10-14/h4-5,8,16H,3,6-7,10H2,1-2H3. The molecule has 1 N–H and O–H groups in total. The summed E-state index contributed by atoms with van der Waals surface area (Å²) in [5.41, 5.74) is 0.565. The van der Waals surface area contributed by atoms with Gasteiger partial charge >= 0.3 is 0 Å². The molecule has 0 spiro atoms. The molecule has 1 unspecified atom stereocenters. The smallest absolute Gasteiger partial charge is 0.241 e. The number of nitrogens with zero attached hydrogens (tertiary/aromatic N) is 1. The third-order valence-corrected chi connectivity index (χ3v) is 5.08. The number of sulfonamides is 1. The average Bonchev–Trinajstić information content (AvgIpc) is 2.38. The van der Waals surface area contributed by atoms with E-state index in [4.69, 9.17) is 10.00 Å². The van der Waals surface area contributed by atoms with Crippen molar-refractivity contribution in [3.8, 4) is 6.07 Å². The summed E-state index contributed by atoms with van der Waals surface area (Å²) in [5.74, 6) is 0. The van der Waals surface area contributed by atoms with Gasteiger partial charge in [-0.2, -0.15) is 5.26 Å². The number of hydrogen-bond acceptors (Lipinski definition) is 4. The minimum atomic E-state index is -3.61. The molecular formula is C14H18N2O3S. The molecule has 0 bridgehead atoms. The molecule has 6 heteroatoms. The maximum atomic E-state index is 12.4. The van der Waals surface area contributed by atoms with Crippen LogP contribution in [0.25, 0.3) is 0 Å². The second-order valence-electron chi connectivity index (χ2n) is 5.41. The summed E-state index contributed by atoms with van der Waals surface area (Å²) >= 11 is 0. The van der Waals surface area contributed by atoms with Crippen LogP contribution in [0, 0.1) is 18.3 Å². The molecule has 20 heavy (non-hydrogen) atoms. The van der Waals surface area contributed by atoms with Crippen LogP contribution < -0.4 is 4.72 Å². The maximum Gasteiger partial charge on any atom is 0.241 e. The lowest BCUT2D eigenvalue weighted by molar-refractivity contribution is 0.0386. The SMILES string of the molecule is Cc1cc(S(=O)(=O)NC2(C)CCCOC2)ccc1C#N. The van der Waals surface area contributed by atoms with Gasteiger partial charge < -0.3 is 4.74 Å². The molecule has 0 amide bonds. The van der Waals surface area contributed by atoms with Gasteiger partial charge in [0.1, 0.15) is 0 Å². The number of benzene rings is 1. The van der Waals surface area contributed by atoms with Gasteiger partial charge in [0.05, 0.1) is 28.7 Å². The van der Waals surface area contributed by atoms with Gasteiger partial charge in [0.2, 0.25) is 10.0 Å². The fourth-order valence-corrected chi connectivity index (χ4v) is 3.83. The Balaban J connectivity index is 2.26. The van der Waals surface area contributed by atoms with E-state index in [1.807, 2.05) is 13.0 Å². The van der Waals surface area contributed by atoms with Crippen LogP contribution in [0.15, 0.2) is 23.1 Å². The fourth-order valence-electron chi connectivity index (χ4n) is 2.33. The molecule has 108 valence electrons. The first-order valence-electron chi connectivity index (χ1n) is 6.49. The zero-order valence-electron chi connectivity index (χ0n) is 11.6. The van der Waals surface area contributed by atoms with Gasteiger partial charge in [0.25, 0.3) is 0 Å². The molecule has 5 nitrogen and oxygen atoms in total. The van der Waals surface area contributed by atoms with Crippen molar-refractivity contribution >= 4 is 10.0 Å². The Morgan fingerprint density at radius 1 is 1.45 bits per heavy atom. The van der Waals surface area contributed by atoms with E-state index in [1.165, 1.54) is 18.2 Å². The topological polar surface area (TPSA) is 79.2 Å². The minimum absolute atomic E-state index is 0.181. The highest BCUT2D eigenvalue weighted by molar-refractivity contribution is 7.89. The second-order valence-corrected chi connectivity index (χ2v) is 7.09. The summed E-state index contributed by atoms with van der Waals surface area (Å²) in [6.07, 6.45) is 1.59. The highest BCUT2D eigenvalue weighted by Gasteiger charge is 2.33. The molecule has 1 saturated heterocycles. The van der Waals surface area contributed by atoms with Crippen molar-refractivity contribution in [2.75, 3.05) is 13.2 Å². The molecule has 1 fully saturated rings. The van der Waals surface area contributed by atoms with Gasteiger partial charge in [-0.1, -0.05) is 0 Å². The Morgan fingerprint density at radius 3 is 2.75 bits per heavy atom. The van der Waals surface area contributed by atoms with E-state index in [2.05, 4.69) is 4.72 Å². The Morgan fingerprint density at radius 2 is 2.20 bits per heavy atom. The predicted molar refractivity (Wildman–Crippen MR) is 74.7 cm³/mol. The van der Waals surface area contributed by atoms with E-state index < -0.39 is 15.6 Å². The monoisotopic (exact) mass is 294 g/mol. The lowest BCUT2D eigenvalue weighted by Crippen LogP contribution is -2.51.